The van der Waals surface area contributed by atoms with Crippen molar-refractivity contribution >= 4 is 12.0 Å². The standard InChI is InChI=1S/C11H8F4O2/c1-6(10(16)17)2-7-3-8(11(13,14)15)5-9(12)4-7/h2-5H,1H3,(H,16,17)/b6-2+. The van der Waals surface area contributed by atoms with Gasteiger partial charge in [0.25, 0.3) is 0 Å². The van der Waals surface area contributed by atoms with Gasteiger partial charge in [-0.15, -0.1) is 0 Å². The topological polar surface area (TPSA) is 37.3 Å². The van der Waals surface area contributed by atoms with Crippen LogP contribution >= 0.6 is 0 Å². The van der Waals surface area contributed by atoms with Crippen LogP contribution in [0.15, 0.2) is 23.8 Å². The molecule has 1 aromatic carbocycles. The summed E-state index contributed by atoms with van der Waals surface area (Å²) in [4.78, 5) is 10.5. The highest BCUT2D eigenvalue weighted by Crippen LogP contribution is 2.30. The first-order chi connectivity index (χ1) is 7.70. The van der Waals surface area contributed by atoms with Crippen LogP contribution in [-0.2, 0) is 11.0 Å². The van der Waals surface area contributed by atoms with Crippen LogP contribution in [0.3, 0.4) is 0 Å². The van der Waals surface area contributed by atoms with Crippen molar-refractivity contribution in [2.75, 3.05) is 0 Å². The Kier molecular flexibility index (Phi) is 3.55. The van der Waals surface area contributed by atoms with Crippen LogP contribution in [0.25, 0.3) is 6.08 Å². The molecule has 0 heterocycles. The lowest BCUT2D eigenvalue weighted by atomic mass is 10.1. The van der Waals surface area contributed by atoms with Gasteiger partial charge in [-0.05, 0) is 36.8 Å². The molecule has 1 rings (SSSR count). The maximum atomic E-state index is 12.9. The third-order valence-corrected chi connectivity index (χ3v) is 1.97. The van der Waals surface area contributed by atoms with Crippen molar-refractivity contribution in [2.24, 2.45) is 0 Å². The number of benzene rings is 1. The van der Waals surface area contributed by atoms with Crippen LogP contribution in [0.4, 0.5) is 17.6 Å². The molecule has 0 radical (unpaired) electrons. The molecule has 0 fully saturated rings. The van der Waals surface area contributed by atoms with Gasteiger partial charge in [-0.1, -0.05) is 0 Å². The quantitative estimate of drug-likeness (QED) is 0.643. The number of carboxylic acids is 1. The number of halogens is 4. The number of carbonyl (C=O) groups is 1. The first-order valence-corrected chi connectivity index (χ1v) is 4.49. The molecule has 0 aliphatic carbocycles. The fraction of sp³-hybridized carbons (Fsp3) is 0.182. The second kappa shape index (κ2) is 4.57. The highest BCUT2D eigenvalue weighted by atomic mass is 19.4. The molecule has 0 aliphatic rings. The number of hydrogen-bond acceptors (Lipinski definition) is 1. The van der Waals surface area contributed by atoms with E-state index in [0.29, 0.717) is 12.1 Å². The zero-order valence-electron chi connectivity index (χ0n) is 8.68. The molecule has 0 aliphatic heterocycles. The van der Waals surface area contributed by atoms with Crippen LogP contribution in [-0.4, -0.2) is 11.1 Å². The van der Waals surface area contributed by atoms with Gasteiger partial charge in [0, 0.05) is 5.57 Å². The Labute approximate surface area is 94.2 Å². The van der Waals surface area contributed by atoms with E-state index in [0.717, 1.165) is 12.1 Å². The van der Waals surface area contributed by atoms with Crippen molar-refractivity contribution in [1.29, 1.82) is 0 Å². The zero-order chi connectivity index (χ0) is 13.2. The molecule has 0 saturated heterocycles. The molecular formula is C11H8F4O2. The Morgan fingerprint density at radius 2 is 1.88 bits per heavy atom. The number of aliphatic carboxylic acids is 1. The molecule has 0 unspecified atom stereocenters. The van der Waals surface area contributed by atoms with E-state index in [2.05, 4.69) is 0 Å². The Balaban J connectivity index is 3.24. The minimum atomic E-state index is -4.66. The Bertz CT molecular complexity index is 475. The first-order valence-electron chi connectivity index (χ1n) is 4.49. The fourth-order valence-corrected chi connectivity index (χ4v) is 1.17. The summed E-state index contributed by atoms with van der Waals surface area (Å²) < 4.78 is 50.0. The lowest BCUT2D eigenvalue weighted by molar-refractivity contribution is -0.137. The molecule has 17 heavy (non-hydrogen) atoms. The molecule has 0 amide bonds. The third-order valence-electron chi connectivity index (χ3n) is 1.97. The molecule has 0 spiro atoms. The number of hydrogen-bond donors (Lipinski definition) is 1. The number of carboxylic acid groups (broad SMARTS) is 1. The second-order valence-electron chi connectivity index (χ2n) is 3.40. The first kappa shape index (κ1) is 13.2. The Morgan fingerprint density at radius 1 is 1.29 bits per heavy atom. The second-order valence-corrected chi connectivity index (χ2v) is 3.40. The number of alkyl halides is 3. The lowest BCUT2D eigenvalue weighted by Gasteiger charge is -2.07. The van der Waals surface area contributed by atoms with Crippen LogP contribution in [0.2, 0.25) is 0 Å². The van der Waals surface area contributed by atoms with E-state index in [-0.39, 0.29) is 11.1 Å². The van der Waals surface area contributed by atoms with Crippen molar-refractivity contribution in [3.05, 3.63) is 40.7 Å². The fourth-order valence-electron chi connectivity index (χ4n) is 1.17. The molecule has 1 N–H and O–H groups in total. The van der Waals surface area contributed by atoms with Crippen LogP contribution in [0.1, 0.15) is 18.1 Å². The molecule has 6 heteroatoms. The van der Waals surface area contributed by atoms with Gasteiger partial charge in [0.15, 0.2) is 0 Å². The summed E-state index contributed by atoms with van der Waals surface area (Å²) in [5, 5.41) is 8.56. The van der Waals surface area contributed by atoms with Gasteiger partial charge in [0.1, 0.15) is 5.82 Å². The summed E-state index contributed by atoms with van der Waals surface area (Å²) in [6, 6.07) is 1.88. The van der Waals surface area contributed by atoms with Gasteiger partial charge < -0.3 is 5.11 Å². The van der Waals surface area contributed by atoms with Gasteiger partial charge in [-0.2, -0.15) is 13.2 Å². The van der Waals surface area contributed by atoms with E-state index in [4.69, 9.17) is 5.11 Å². The van der Waals surface area contributed by atoms with Crippen molar-refractivity contribution in [2.45, 2.75) is 13.1 Å². The van der Waals surface area contributed by atoms with E-state index in [9.17, 15) is 22.4 Å². The minimum absolute atomic E-state index is 0.141. The SMILES string of the molecule is C/C(=C\c1cc(F)cc(C(F)(F)F)c1)C(=O)O. The van der Waals surface area contributed by atoms with Gasteiger partial charge in [0.2, 0.25) is 0 Å². The largest absolute Gasteiger partial charge is 0.478 e. The summed E-state index contributed by atoms with van der Waals surface area (Å²) in [5.41, 5.74) is -1.47. The average molecular weight is 248 g/mol. The lowest BCUT2D eigenvalue weighted by Crippen LogP contribution is -2.06. The molecule has 0 atom stereocenters. The molecule has 0 aromatic heterocycles. The molecule has 0 bridgehead atoms. The average Bonchev–Trinajstić information content (AvgIpc) is 2.15. The van der Waals surface area contributed by atoms with E-state index in [1.807, 2.05) is 0 Å². The maximum absolute atomic E-state index is 12.9. The van der Waals surface area contributed by atoms with Crippen LogP contribution in [0.5, 0.6) is 0 Å². The summed E-state index contributed by atoms with van der Waals surface area (Å²) in [5.74, 6) is -2.34. The Hall–Kier alpha value is -1.85. The summed E-state index contributed by atoms with van der Waals surface area (Å²) in [7, 11) is 0. The minimum Gasteiger partial charge on any atom is -0.478 e. The van der Waals surface area contributed by atoms with E-state index in [1.54, 1.807) is 0 Å². The van der Waals surface area contributed by atoms with Gasteiger partial charge in [0.05, 0.1) is 5.56 Å². The summed E-state index contributed by atoms with van der Waals surface area (Å²) in [6.07, 6.45) is -3.69. The van der Waals surface area contributed by atoms with E-state index < -0.39 is 23.5 Å². The van der Waals surface area contributed by atoms with E-state index in [1.165, 1.54) is 6.92 Å². The van der Waals surface area contributed by atoms with Crippen LogP contribution in [0, 0.1) is 5.82 Å². The highest BCUT2D eigenvalue weighted by Gasteiger charge is 2.31. The van der Waals surface area contributed by atoms with Gasteiger partial charge >= 0.3 is 12.1 Å². The molecule has 0 saturated carbocycles. The molecule has 1 aromatic rings. The van der Waals surface area contributed by atoms with Crippen molar-refractivity contribution in [3.63, 3.8) is 0 Å². The predicted octanol–water partition coefficient (Wildman–Crippen LogP) is 3.33. The molecule has 92 valence electrons. The summed E-state index contributed by atoms with van der Waals surface area (Å²) in [6.45, 7) is 1.21. The number of rotatable bonds is 2. The predicted molar refractivity (Wildman–Crippen MR) is 52.7 cm³/mol. The van der Waals surface area contributed by atoms with Gasteiger partial charge in [-0.25, -0.2) is 9.18 Å². The van der Waals surface area contributed by atoms with Gasteiger partial charge in [-0.3, -0.25) is 0 Å². The summed E-state index contributed by atoms with van der Waals surface area (Å²) >= 11 is 0. The maximum Gasteiger partial charge on any atom is 0.416 e. The zero-order valence-corrected chi connectivity index (χ0v) is 8.68. The molecular weight excluding hydrogens is 240 g/mol. The van der Waals surface area contributed by atoms with Crippen molar-refractivity contribution in [3.8, 4) is 0 Å². The molecule has 2 nitrogen and oxygen atoms in total. The van der Waals surface area contributed by atoms with Crippen LogP contribution < -0.4 is 0 Å². The van der Waals surface area contributed by atoms with Crippen molar-refractivity contribution < 1.29 is 27.5 Å². The monoisotopic (exact) mass is 248 g/mol. The Morgan fingerprint density at radius 3 is 2.35 bits per heavy atom. The van der Waals surface area contributed by atoms with E-state index >= 15 is 0 Å². The highest BCUT2D eigenvalue weighted by molar-refractivity contribution is 5.91. The third kappa shape index (κ3) is 3.58. The smallest absolute Gasteiger partial charge is 0.416 e. The van der Waals surface area contributed by atoms with Crippen molar-refractivity contribution in [1.82, 2.24) is 0 Å². The normalized spacial score (nSPS) is 12.6.